The molecule has 2 atom stereocenters. The first kappa shape index (κ1) is 21.0. The third kappa shape index (κ3) is 6.70. The number of primary amides is 1. The molecule has 1 amide bonds. The Morgan fingerprint density at radius 2 is 1.52 bits per heavy atom. The van der Waals surface area contributed by atoms with Crippen LogP contribution < -0.4 is 5.73 Å². The summed E-state index contributed by atoms with van der Waals surface area (Å²) in [4.78, 5) is 21.1. The molecular formula is C21H39N5O. The number of likely N-dealkylation sites (tertiary alicyclic amines) is 2. The summed E-state index contributed by atoms with van der Waals surface area (Å²) in [5.74, 6) is 1.66. The Balaban J connectivity index is 1.25. The molecular weight excluding hydrogens is 338 g/mol. The molecule has 0 saturated carbocycles. The summed E-state index contributed by atoms with van der Waals surface area (Å²) in [5.41, 5.74) is 5.42. The van der Waals surface area contributed by atoms with Crippen molar-refractivity contribution in [2.24, 2.45) is 23.5 Å². The lowest BCUT2D eigenvalue weighted by atomic mass is 9.92. The van der Waals surface area contributed by atoms with Crippen LogP contribution in [-0.4, -0.2) is 91.0 Å². The molecule has 0 bridgehead atoms. The van der Waals surface area contributed by atoms with E-state index in [0.717, 1.165) is 70.5 Å². The number of carbonyl (C=O) groups is 1. The summed E-state index contributed by atoms with van der Waals surface area (Å²) in [5, 5.41) is 0. The minimum atomic E-state index is -0.125. The summed E-state index contributed by atoms with van der Waals surface area (Å²) >= 11 is 0. The van der Waals surface area contributed by atoms with Gasteiger partial charge in [-0.25, -0.2) is 0 Å². The molecule has 6 nitrogen and oxygen atoms in total. The van der Waals surface area contributed by atoms with Crippen LogP contribution in [0.25, 0.3) is 0 Å². The Labute approximate surface area is 166 Å². The van der Waals surface area contributed by atoms with E-state index < -0.39 is 0 Å². The Kier molecular flexibility index (Phi) is 7.94. The first-order valence-corrected chi connectivity index (χ1v) is 11.0. The number of carbonyl (C=O) groups excluding carboxylic acids is 1. The largest absolute Gasteiger partial charge is 0.369 e. The molecule has 3 fully saturated rings. The number of hydrogen-bond donors (Lipinski definition) is 1. The van der Waals surface area contributed by atoms with Crippen molar-refractivity contribution >= 4 is 5.91 Å². The number of nitrogens with two attached hydrogens (primary N) is 1. The molecule has 0 aliphatic carbocycles. The van der Waals surface area contributed by atoms with E-state index in [1.165, 1.54) is 32.5 Å². The van der Waals surface area contributed by atoms with Gasteiger partial charge in [0.05, 0.1) is 0 Å². The van der Waals surface area contributed by atoms with Crippen molar-refractivity contribution in [3.05, 3.63) is 6.67 Å². The molecule has 0 aromatic carbocycles. The van der Waals surface area contributed by atoms with E-state index in [-0.39, 0.29) is 11.8 Å². The molecule has 2 radical (unpaired) electrons. The van der Waals surface area contributed by atoms with E-state index in [2.05, 4.69) is 40.1 Å². The fourth-order valence-electron chi connectivity index (χ4n) is 5.03. The van der Waals surface area contributed by atoms with Crippen molar-refractivity contribution in [1.29, 1.82) is 0 Å². The third-order valence-corrected chi connectivity index (χ3v) is 6.45. The Morgan fingerprint density at radius 1 is 0.889 bits per heavy atom. The van der Waals surface area contributed by atoms with Gasteiger partial charge in [0.1, 0.15) is 6.67 Å². The van der Waals surface area contributed by atoms with Gasteiger partial charge in [0.2, 0.25) is 5.91 Å². The summed E-state index contributed by atoms with van der Waals surface area (Å²) < 4.78 is 0. The maximum Gasteiger partial charge on any atom is 0.220 e. The molecule has 0 aromatic heterocycles. The van der Waals surface area contributed by atoms with Crippen LogP contribution in [0.2, 0.25) is 0 Å². The second kappa shape index (κ2) is 10.2. The summed E-state index contributed by atoms with van der Waals surface area (Å²) in [6, 6.07) is 0. The van der Waals surface area contributed by atoms with Gasteiger partial charge in [-0.3, -0.25) is 14.6 Å². The van der Waals surface area contributed by atoms with Gasteiger partial charge in [-0.05, 0) is 57.2 Å². The van der Waals surface area contributed by atoms with Crippen LogP contribution in [0.4, 0.5) is 0 Å². The molecule has 2 unspecified atom stereocenters. The van der Waals surface area contributed by atoms with Crippen LogP contribution in [0.15, 0.2) is 0 Å². The fourth-order valence-corrected chi connectivity index (χ4v) is 5.03. The highest BCUT2D eigenvalue weighted by atomic mass is 16.1. The van der Waals surface area contributed by atoms with Gasteiger partial charge in [-0.15, -0.1) is 0 Å². The molecule has 2 N–H and O–H groups in total. The van der Waals surface area contributed by atoms with Crippen LogP contribution in [-0.2, 0) is 4.79 Å². The summed E-state index contributed by atoms with van der Waals surface area (Å²) in [6.07, 6.45) is 4.46. The Bertz CT molecular complexity index is 455. The van der Waals surface area contributed by atoms with Crippen LogP contribution in [0.1, 0.15) is 39.5 Å². The quantitative estimate of drug-likeness (QED) is 0.688. The lowest BCUT2D eigenvalue weighted by Crippen LogP contribution is -2.41. The van der Waals surface area contributed by atoms with Gasteiger partial charge in [0.25, 0.3) is 0 Å². The standard InChI is InChI=1S/C21H39N5O/c1-18-14-19(2)16-26(15-18)7-3-6-24-12-13-25(17-24)11-10-23-8-4-20(5-9-23)21(22)27/h18-20H,3-16H2,1-2H3,(H2,22,27). The molecule has 0 aromatic rings. The van der Waals surface area contributed by atoms with Crippen LogP contribution in [0.3, 0.4) is 0 Å². The van der Waals surface area contributed by atoms with Crippen molar-refractivity contribution in [3.8, 4) is 0 Å². The number of nitrogens with zero attached hydrogens (tertiary/aromatic N) is 4. The van der Waals surface area contributed by atoms with Crippen molar-refractivity contribution in [2.75, 3.05) is 65.4 Å². The maximum atomic E-state index is 11.3. The van der Waals surface area contributed by atoms with Crippen molar-refractivity contribution in [2.45, 2.75) is 39.5 Å². The molecule has 0 spiro atoms. The zero-order valence-corrected chi connectivity index (χ0v) is 17.4. The maximum absolute atomic E-state index is 11.3. The molecule has 3 aliphatic rings. The smallest absolute Gasteiger partial charge is 0.220 e. The van der Waals surface area contributed by atoms with E-state index in [0.29, 0.717) is 0 Å². The molecule has 3 saturated heterocycles. The second-order valence-electron chi connectivity index (χ2n) is 9.15. The lowest BCUT2D eigenvalue weighted by Gasteiger charge is -2.35. The van der Waals surface area contributed by atoms with E-state index in [9.17, 15) is 4.79 Å². The highest BCUT2D eigenvalue weighted by Gasteiger charge is 2.26. The zero-order chi connectivity index (χ0) is 19.2. The molecule has 6 heteroatoms. The van der Waals surface area contributed by atoms with Gasteiger partial charge in [0.15, 0.2) is 0 Å². The van der Waals surface area contributed by atoms with E-state index in [4.69, 9.17) is 5.73 Å². The van der Waals surface area contributed by atoms with Crippen molar-refractivity contribution < 1.29 is 4.79 Å². The van der Waals surface area contributed by atoms with E-state index in [1.54, 1.807) is 0 Å². The predicted molar refractivity (Wildman–Crippen MR) is 109 cm³/mol. The van der Waals surface area contributed by atoms with Gasteiger partial charge < -0.3 is 15.5 Å². The minimum absolute atomic E-state index is 0.0903. The first-order valence-electron chi connectivity index (χ1n) is 11.0. The van der Waals surface area contributed by atoms with Gasteiger partial charge in [-0.1, -0.05) is 13.8 Å². The number of hydrogen-bond acceptors (Lipinski definition) is 5. The highest BCUT2D eigenvalue weighted by Crippen LogP contribution is 2.21. The molecule has 3 rings (SSSR count). The van der Waals surface area contributed by atoms with Crippen molar-refractivity contribution in [1.82, 2.24) is 19.6 Å². The Hall–Kier alpha value is -0.690. The van der Waals surface area contributed by atoms with Crippen LogP contribution in [0, 0.1) is 24.4 Å². The van der Waals surface area contributed by atoms with Crippen LogP contribution >= 0.6 is 0 Å². The molecule has 3 aliphatic heterocycles. The summed E-state index contributed by atoms with van der Waals surface area (Å²) in [6.45, 7) is 19.5. The number of piperidine rings is 2. The monoisotopic (exact) mass is 377 g/mol. The lowest BCUT2D eigenvalue weighted by molar-refractivity contribution is -0.123. The van der Waals surface area contributed by atoms with Gasteiger partial charge in [-0.2, -0.15) is 0 Å². The number of amides is 1. The molecule has 3 heterocycles. The fraction of sp³-hybridized carbons (Fsp3) is 0.905. The van der Waals surface area contributed by atoms with Crippen LogP contribution in [0.5, 0.6) is 0 Å². The highest BCUT2D eigenvalue weighted by molar-refractivity contribution is 5.76. The Morgan fingerprint density at radius 3 is 2.15 bits per heavy atom. The number of rotatable bonds is 8. The average Bonchev–Trinajstić information content (AvgIpc) is 3.07. The van der Waals surface area contributed by atoms with Gasteiger partial charge in [0, 0.05) is 51.7 Å². The topological polar surface area (TPSA) is 56.1 Å². The SMILES string of the molecule is CC1CC(C)CN(CCCN2[C]N(CCN3CCC(C(N)=O)CC3)CC2)C1. The first-order chi connectivity index (χ1) is 13.0. The average molecular weight is 378 g/mol. The molecule has 154 valence electrons. The summed E-state index contributed by atoms with van der Waals surface area (Å²) in [7, 11) is 0. The normalized spacial score (nSPS) is 30.1. The minimum Gasteiger partial charge on any atom is -0.369 e. The van der Waals surface area contributed by atoms with Gasteiger partial charge >= 0.3 is 0 Å². The zero-order valence-electron chi connectivity index (χ0n) is 17.4. The van der Waals surface area contributed by atoms with E-state index in [1.807, 2.05) is 0 Å². The third-order valence-electron chi connectivity index (χ3n) is 6.45. The van der Waals surface area contributed by atoms with Crippen molar-refractivity contribution in [3.63, 3.8) is 0 Å². The predicted octanol–water partition coefficient (Wildman–Crippen LogP) is 1.17. The second-order valence-corrected chi connectivity index (χ2v) is 9.15. The van der Waals surface area contributed by atoms with E-state index >= 15 is 0 Å². The molecule has 27 heavy (non-hydrogen) atoms.